The molecule has 0 atom stereocenters. The number of aromatic nitrogens is 3. The molecule has 0 radical (unpaired) electrons. The molecule has 0 saturated carbocycles. The van der Waals surface area contributed by atoms with Crippen molar-refractivity contribution in [1.29, 1.82) is 0 Å². The largest absolute Gasteiger partial charge is 0.350 e. The van der Waals surface area contributed by atoms with Gasteiger partial charge in [-0.2, -0.15) is 4.98 Å². The number of nitrogens with one attached hydrogen (secondary N) is 3. The summed E-state index contributed by atoms with van der Waals surface area (Å²) in [6.07, 6.45) is 0. The molecule has 4 rings (SSSR count). The number of hydrogen-bond acceptors (Lipinski definition) is 6. The maximum absolute atomic E-state index is 12.3. The van der Waals surface area contributed by atoms with Gasteiger partial charge in [-0.25, -0.2) is 4.52 Å². The van der Waals surface area contributed by atoms with E-state index < -0.39 is 5.54 Å². The van der Waals surface area contributed by atoms with Crippen LogP contribution in [0.25, 0.3) is 16.9 Å². The third-order valence-corrected chi connectivity index (χ3v) is 4.95. The molecule has 0 aliphatic carbocycles. The van der Waals surface area contributed by atoms with Crippen LogP contribution in [0.1, 0.15) is 31.1 Å². The molecule has 2 aromatic carbocycles. The molecule has 9 nitrogen and oxygen atoms in total. The lowest BCUT2D eigenvalue weighted by molar-refractivity contribution is -0.114. The van der Waals surface area contributed by atoms with Gasteiger partial charge in [0, 0.05) is 41.5 Å². The van der Waals surface area contributed by atoms with Crippen molar-refractivity contribution >= 4 is 34.8 Å². The second kappa shape index (κ2) is 9.32. The molecule has 0 aliphatic heterocycles. The van der Waals surface area contributed by atoms with Crippen LogP contribution in [0.15, 0.2) is 66.7 Å². The van der Waals surface area contributed by atoms with E-state index in [0.717, 1.165) is 16.9 Å². The van der Waals surface area contributed by atoms with Gasteiger partial charge in [0.05, 0.1) is 5.69 Å². The summed E-state index contributed by atoms with van der Waals surface area (Å²) in [6, 6.07) is 20.3. The summed E-state index contributed by atoms with van der Waals surface area (Å²) >= 11 is 0. The van der Waals surface area contributed by atoms with E-state index in [0.29, 0.717) is 29.4 Å². The first-order chi connectivity index (χ1) is 16.2. The van der Waals surface area contributed by atoms with Crippen LogP contribution in [0.4, 0.5) is 17.3 Å². The number of pyridine rings is 1. The molecule has 0 saturated heterocycles. The molecule has 174 valence electrons. The van der Waals surface area contributed by atoms with Crippen molar-refractivity contribution in [2.24, 2.45) is 5.73 Å². The van der Waals surface area contributed by atoms with Gasteiger partial charge in [-0.1, -0.05) is 18.2 Å². The minimum atomic E-state index is -0.476. The Bertz CT molecular complexity index is 1340. The zero-order valence-electron chi connectivity index (χ0n) is 19.3. The molecule has 0 fully saturated rings. The molecule has 2 heterocycles. The van der Waals surface area contributed by atoms with E-state index in [2.05, 4.69) is 26.0 Å². The molecule has 34 heavy (non-hydrogen) atoms. The van der Waals surface area contributed by atoms with E-state index in [9.17, 15) is 9.59 Å². The lowest BCUT2D eigenvalue weighted by Gasteiger charge is -2.18. The molecule has 4 aromatic rings. The van der Waals surface area contributed by atoms with Crippen molar-refractivity contribution in [3.05, 3.63) is 72.3 Å². The minimum absolute atomic E-state index is 0.130. The highest BCUT2D eigenvalue weighted by atomic mass is 16.2. The van der Waals surface area contributed by atoms with E-state index in [1.54, 1.807) is 28.8 Å². The van der Waals surface area contributed by atoms with Crippen LogP contribution in [0.5, 0.6) is 0 Å². The quantitative estimate of drug-likeness (QED) is 0.336. The Morgan fingerprint density at radius 3 is 2.44 bits per heavy atom. The van der Waals surface area contributed by atoms with Crippen LogP contribution in [-0.2, 0) is 4.79 Å². The highest BCUT2D eigenvalue weighted by molar-refractivity contribution is 5.94. The summed E-state index contributed by atoms with van der Waals surface area (Å²) in [6.45, 7) is 5.57. The minimum Gasteiger partial charge on any atom is -0.350 e. The molecule has 0 spiro atoms. The predicted octanol–water partition coefficient (Wildman–Crippen LogP) is 3.57. The molecule has 0 unspecified atom stereocenters. The lowest BCUT2D eigenvalue weighted by atomic mass is 10.1. The Morgan fingerprint density at radius 2 is 1.74 bits per heavy atom. The van der Waals surface area contributed by atoms with Crippen molar-refractivity contribution in [2.45, 2.75) is 26.3 Å². The number of carbonyl (C=O) groups is 2. The molecule has 0 aliphatic rings. The predicted molar refractivity (Wildman–Crippen MR) is 133 cm³/mol. The van der Waals surface area contributed by atoms with Gasteiger partial charge in [-0.3, -0.25) is 9.59 Å². The topological polar surface area (TPSA) is 126 Å². The summed E-state index contributed by atoms with van der Waals surface area (Å²) in [5, 5.41) is 13.4. The Hall–Kier alpha value is -4.24. The highest BCUT2D eigenvalue weighted by Gasteiger charge is 2.14. The molecule has 9 heteroatoms. The number of nitrogens with two attached hydrogens (primary N) is 1. The molecule has 5 N–H and O–H groups in total. The van der Waals surface area contributed by atoms with Gasteiger partial charge in [0.25, 0.3) is 5.91 Å². The van der Waals surface area contributed by atoms with Crippen molar-refractivity contribution < 1.29 is 9.59 Å². The maximum atomic E-state index is 12.3. The van der Waals surface area contributed by atoms with Crippen LogP contribution in [0.3, 0.4) is 0 Å². The first-order valence-electron chi connectivity index (χ1n) is 10.9. The average molecular weight is 458 g/mol. The van der Waals surface area contributed by atoms with Crippen LogP contribution in [0, 0.1) is 0 Å². The number of benzene rings is 2. The monoisotopic (exact) mass is 457 g/mol. The summed E-state index contributed by atoms with van der Waals surface area (Å²) in [7, 11) is 0. The second-order valence-electron chi connectivity index (χ2n) is 8.75. The van der Waals surface area contributed by atoms with E-state index in [-0.39, 0.29) is 11.8 Å². The number of fused-ring (bicyclic) bond motifs is 1. The highest BCUT2D eigenvalue weighted by Crippen LogP contribution is 2.24. The van der Waals surface area contributed by atoms with Gasteiger partial charge in [0.2, 0.25) is 11.9 Å². The smallest absolute Gasteiger partial charge is 0.251 e. The fraction of sp³-hybridized carbons (Fsp3) is 0.200. The second-order valence-corrected chi connectivity index (χ2v) is 8.75. The summed E-state index contributed by atoms with van der Waals surface area (Å²) in [5.41, 5.74) is 9.84. The number of nitrogens with zero attached hydrogens (tertiary/aromatic N) is 3. The van der Waals surface area contributed by atoms with Crippen molar-refractivity contribution in [1.82, 2.24) is 19.9 Å². The Labute approximate surface area is 197 Å². The fourth-order valence-corrected chi connectivity index (χ4v) is 3.38. The Balaban J connectivity index is 1.53. The van der Waals surface area contributed by atoms with E-state index in [4.69, 9.17) is 5.73 Å². The first kappa shape index (κ1) is 22.9. The molecular weight excluding hydrogens is 430 g/mol. The Morgan fingerprint density at radius 1 is 1.00 bits per heavy atom. The molecule has 2 amide bonds. The molecule has 2 aromatic heterocycles. The van der Waals surface area contributed by atoms with E-state index in [1.807, 2.05) is 56.3 Å². The number of anilines is 3. The maximum Gasteiger partial charge on any atom is 0.251 e. The van der Waals surface area contributed by atoms with Crippen LogP contribution >= 0.6 is 0 Å². The SMILES string of the molecule is CC(=O)Nc1cccc(-c2cccc3nc(Nc4ccc(C(=O)NCC(C)(C)N)cc4)nn23)c1. The van der Waals surface area contributed by atoms with Gasteiger partial charge in [0.1, 0.15) is 0 Å². The first-order valence-corrected chi connectivity index (χ1v) is 10.9. The van der Waals surface area contributed by atoms with Gasteiger partial charge in [0.15, 0.2) is 5.65 Å². The van der Waals surface area contributed by atoms with Crippen molar-refractivity contribution in [3.8, 4) is 11.3 Å². The molecular formula is C25H27N7O2. The van der Waals surface area contributed by atoms with Crippen molar-refractivity contribution in [3.63, 3.8) is 0 Å². The fourth-order valence-electron chi connectivity index (χ4n) is 3.38. The van der Waals surface area contributed by atoms with E-state index >= 15 is 0 Å². The zero-order valence-corrected chi connectivity index (χ0v) is 19.3. The average Bonchev–Trinajstić information content (AvgIpc) is 3.19. The van der Waals surface area contributed by atoms with Crippen LogP contribution < -0.4 is 21.7 Å². The third kappa shape index (κ3) is 5.57. The van der Waals surface area contributed by atoms with Crippen LogP contribution in [-0.4, -0.2) is 38.5 Å². The lowest BCUT2D eigenvalue weighted by Crippen LogP contribution is -2.45. The van der Waals surface area contributed by atoms with Gasteiger partial charge < -0.3 is 21.7 Å². The number of amides is 2. The number of hydrogen-bond donors (Lipinski definition) is 4. The normalized spacial score (nSPS) is 11.3. The Kier molecular flexibility index (Phi) is 6.29. The van der Waals surface area contributed by atoms with Crippen molar-refractivity contribution in [2.75, 3.05) is 17.2 Å². The summed E-state index contributed by atoms with van der Waals surface area (Å²) in [4.78, 5) is 28.3. The zero-order chi connectivity index (χ0) is 24.3. The van der Waals surface area contributed by atoms with Gasteiger partial charge in [-0.15, -0.1) is 5.10 Å². The third-order valence-electron chi connectivity index (χ3n) is 4.95. The van der Waals surface area contributed by atoms with E-state index in [1.165, 1.54) is 6.92 Å². The number of rotatable bonds is 7. The summed E-state index contributed by atoms with van der Waals surface area (Å²) < 4.78 is 1.74. The van der Waals surface area contributed by atoms with Gasteiger partial charge >= 0.3 is 0 Å². The number of carbonyl (C=O) groups excluding carboxylic acids is 2. The molecule has 0 bridgehead atoms. The summed E-state index contributed by atoms with van der Waals surface area (Å²) in [5.74, 6) is 0.115. The van der Waals surface area contributed by atoms with Crippen LogP contribution in [0.2, 0.25) is 0 Å². The van der Waals surface area contributed by atoms with Gasteiger partial charge in [-0.05, 0) is 62.4 Å². The standard InChI is InChI=1S/C25H27N7O2/c1-16(33)28-20-7-4-6-18(14-20)21-8-5-9-22-30-24(31-32(21)22)29-19-12-10-17(11-13-19)23(34)27-15-25(2,3)26/h4-14H,15,26H2,1-3H3,(H,27,34)(H,28,33)(H,29,31).